The molecule has 8 heteroatoms. The van der Waals surface area contributed by atoms with E-state index in [1.165, 1.54) is 0 Å². The lowest BCUT2D eigenvalue weighted by atomic mass is 9.98. The minimum Gasteiger partial charge on any atom is -0.496 e. The number of carbonyl (C=O) groups excluding carboxylic acids is 2. The quantitative estimate of drug-likeness (QED) is 0.448. The third kappa shape index (κ3) is 5.27. The number of carboxylic acid groups (broad SMARTS) is 1. The van der Waals surface area contributed by atoms with E-state index >= 15 is 0 Å². The minimum atomic E-state index is -1.31. The van der Waals surface area contributed by atoms with Crippen molar-refractivity contribution < 1.29 is 29.0 Å². The van der Waals surface area contributed by atoms with E-state index in [4.69, 9.17) is 9.47 Å². The Kier molecular flexibility index (Phi) is 7.01. The number of anilines is 1. The molecule has 0 heterocycles. The fourth-order valence-corrected chi connectivity index (χ4v) is 4.35. The minimum absolute atomic E-state index is 0.0545. The number of hydrogen-bond donors (Lipinski definition) is 3. The van der Waals surface area contributed by atoms with Crippen molar-refractivity contribution in [3.05, 3.63) is 83.4 Å². The maximum atomic E-state index is 12.8. The van der Waals surface area contributed by atoms with Crippen LogP contribution in [-0.4, -0.2) is 42.8 Å². The fourth-order valence-electron chi connectivity index (χ4n) is 4.35. The molecule has 0 aliphatic heterocycles. The van der Waals surface area contributed by atoms with Crippen molar-refractivity contribution in [1.82, 2.24) is 5.32 Å². The SMILES string of the molecule is COc1ccc(NC(=O)C(CC(=O)O)NC(=O)OCC2c3ccccc3-c3ccccc32)cc1C. The third-order valence-corrected chi connectivity index (χ3v) is 5.99. The molecule has 0 aromatic heterocycles. The van der Waals surface area contributed by atoms with Crippen molar-refractivity contribution in [1.29, 1.82) is 0 Å². The maximum Gasteiger partial charge on any atom is 0.407 e. The molecule has 0 fully saturated rings. The van der Waals surface area contributed by atoms with Gasteiger partial charge in [0.15, 0.2) is 0 Å². The third-order valence-electron chi connectivity index (χ3n) is 5.99. The first kappa shape index (κ1) is 23.8. The molecule has 1 unspecified atom stereocenters. The molecule has 0 spiro atoms. The summed E-state index contributed by atoms with van der Waals surface area (Å²) in [5.74, 6) is -1.38. The predicted molar refractivity (Wildman–Crippen MR) is 131 cm³/mol. The normalized spacial score (nSPS) is 12.7. The summed E-state index contributed by atoms with van der Waals surface area (Å²) in [6.45, 7) is 1.87. The van der Waals surface area contributed by atoms with Gasteiger partial charge in [0.1, 0.15) is 18.4 Å². The highest BCUT2D eigenvalue weighted by molar-refractivity contribution is 5.98. The highest BCUT2D eigenvalue weighted by atomic mass is 16.5. The number of methoxy groups -OCH3 is 1. The second kappa shape index (κ2) is 10.3. The summed E-state index contributed by atoms with van der Waals surface area (Å²) in [5, 5.41) is 14.3. The molecule has 0 bridgehead atoms. The molecule has 35 heavy (non-hydrogen) atoms. The summed E-state index contributed by atoms with van der Waals surface area (Å²) in [4.78, 5) is 36.7. The molecule has 3 aromatic carbocycles. The standard InChI is InChI=1S/C27H26N2O6/c1-16-13-17(11-12-24(16)34-2)28-26(32)23(14-25(30)31)29-27(33)35-15-22-20-9-5-3-7-18(20)19-8-4-6-10-21(19)22/h3-13,22-23H,14-15H2,1-2H3,(H,28,32)(H,29,33)(H,30,31). The van der Waals surface area contributed by atoms with E-state index in [0.29, 0.717) is 11.4 Å². The lowest BCUT2D eigenvalue weighted by Gasteiger charge is -2.19. The number of amides is 2. The van der Waals surface area contributed by atoms with E-state index in [9.17, 15) is 19.5 Å². The van der Waals surface area contributed by atoms with E-state index < -0.39 is 30.4 Å². The van der Waals surface area contributed by atoms with Gasteiger partial charge in [-0.3, -0.25) is 9.59 Å². The Labute approximate surface area is 202 Å². The molecule has 1 aliphatic carbocycles. The molecular formula is C27H26N2O6. The summed E-state index contributed by atoms with van der Waals surface area (Å²) in [5.41, 5.74) is 5.54. The number of alkyl carbamates (subject to hydrolysis) is 1. The topological polar surface area (TPSA) is 114 Å². The molecule has 4 rings (SSSR count). The van der Waals surface area contributed by atoms with E-state index in [1.54, 1.807) is 25.3 Å². The van der Waals surface area contributed by atoms with Gasteiger partial charge in [0, 0.05) is 11.6 Å². The highest BCUT2D eigenvalue weighted by Crippen LogP contribution is 2.44. The number of nitrogens with one attached hydrogen (secondary N) is 2. The molecule has 1 aliphatic rings. The van der Waals surface area contributed by atoms with Crippen LogP contribution in [0.3, 0.4) is 0 Å². The number of benzene rings is 3. The second-order valence-corrected chi connectivity index (χ2v) is 8.29. The van der Waals surface area contributed by atoms with Gasteiger partial charge in [0.05, 0.1) is 13.5 Å². The first-order chi connectivity index (χ1) is 16.9. The molecule has 2 amide bonds. The van der Waals surface area contributed by atoms with Gasteiger partial charge in [0.2, 0.25) is 5.91 Å². The summed E-state index contributed by atoms with van der Waals surface area (Å²) in [6, 6.07) is 19.6. The number of hydrogen-bond acceptors (Lipinski definition) is 5. The van der Waals surface area contributed by atoms with Crippen molar-refractivity contribution in [2.45, 2.75) is 25.3 Å². The Morgan fingerprint density at radius 1 is 0.971 bits per heavy atom. The number of ether oxygens (including phenoxy) is 2. The van der Waals surface area contributed by atoms with E-state index in [2.05, 4.69) is 10.6 Å². The molecule has 3 N–H and O–H groups in total. The van der Waals surface area contributed by atoms with E-state index in [0.717, 1.165) is 27.8 Å². The Bertz CT molecular complexity index is 1230. The van der Waals surface area contributed by atoms with Crippen LogP contribution in [0.2, 0.25) is 0 Å². The van der Waals surface area contributed by atoms with Crippen LogP contribution in [-0.2, 0) is 14.3 Å². The van der Waals surface area contributed by atoms with Crippen LogP contribution < -0.4 is 15.4 Å². The monoisotopic (exact) mass is 474 g/mol. The first-order valence-corrected chi connectivity index (χ1v) is 11.2. The van der Waals surface area contributed by atoms with Gasteiger partial charge in [-0.15, -0.1) is 0 Å². The summed E-state index contributed by atoms with van der Waals surface area (Å²) >= 11 is 0. The van der Waals surface area contributed by atoms with Crippen molar-refractivity contribution in [2.75, 3.05) is 19.0 Å². The fraction of sp³-hybridized carbons (Fsp3) is 0.222. The summed E-state index contributed by atoms with van der Waals surface area (Å²) in [6.07, 6.45) is -1.45. The molecule has 0 saturated carbocycles. The number of aryl methyl sites for hydroxylation is 1. The number of fused-ring (bicyclic) bond motifs is 3. The zero-order valence-electron chi connectivity index (χ0n) is 19.4. The van der Waals surface area contributed by atoms with Gasteiger partial charge >= 0.3 is 12.1 Å². The van der Waals surface area contributed by atoms with Crippen LogP contribution in [0.25, 0.3) is 11.1 Å². The predicted octanol–water partition coefficient (Wildman–Crippen LogP) is 4.32. The van der Waals surface area contributed by atoms with Crippen molar-refractivity contribution >= 4 is 23.7 Å². The zero-order valence-corrected chi connectivity index (χ0v) is 19.4. The second-order valence-electron chi connectivity index (χ2n) is 8.29. The smallest absolute Gasteiger partial charge is 0.407 e. The van der Waals surface area contributed by atoms with Gasteiger partial charge in [-0.25, -0.2) is 4.79 Å². The van der Waals surface area contributed by atoms with Crippen LogP contribution in [0.5, 0.6) is 5.75 Å². The van der Waals surface area contributed by atoms with E-state index in [-0.39, 0.29) is 12.5 Å². The lowest BCUT2D eigenvalue weighted by molar-refractivity contribution is -0.139. The molecule has 1 atom stereocenters. The number of carboxylic acids is 1. The van der Waals surface area contributed by atoms with Crippen molar-refractivity contribution in [3.8, 4) is 16.9 Å². The molecule has 0 saturated heterocycles. The zero-order chi connectivity index (χ0) is 24.9. The van der Waals surface area contributed by atoms with Crippen molar-refractivity contribution in [2.24, 2.45) is 0 Å². The lowest BCUT2D eigenvalue weighted by Crippen LogP contribution is -2.45. The van der Waals surface area contributed by atoms with Gasteiger partial charge < -0.3 is 25.2 Å². The first-order valence-electron chi connectivity index (χ1n) is 11.2. The molecule has 8 nitrogen and oxygen atoms in total. The summed E-state index contributed by atoms with van der Waals surface area (Å²) < 4.78 is 10.7. The molecule has 3 aromatic rings. The van der Waals surface area contributed by atoms with E-state index in [1.807, 2.05) is 55.5 Å². The van der Waals surface area contributed by atoms with Crippen LogP contribution in [0.4, 0.5) is 10.5 Å². The van der Waals surface area contributed by atoms with Gasteiger partial charge in [-0.1, -0.05) is 48.5 Å². The van der Waals surface area contributed by atoms with Gasteiger partial charge in [-0.2, -0.15) is 0 Å². The Morgan fingerprint density at radius 2 is 1.60 bits per heavy atom. The molecule has 0 radical (unpaired) electrons. The number of carbonyl (C=O) groups is 3. The Hall–Kier alpha value is -4.33. The van der Waals surface area contributed by atoms with Crippen LogP contribution >= 0.6 is 0 Å². The highest BCUT2D eigenvalue weighted by Gasteiger charge is 2.30. The summed E-state index contributed by atoms with van der Waals surface area (Å²) in [7, 11) is 1.54. The van der Waals surface area contributed by atoms with Gasteiger partial charge in [-0.05, 0) is 52.9 Å². The molecule has 180 valence electrons. The van der Waals surface area contributed by atoms with Crippen LogP contribution in [0, 0.1) is 6.92 Å². The average Bonchev–Trinajstić information content (AvgIpc) is 3.16. The maximum absolute atomic E-state index is 12.8. The number of aliphatic carboxylic acids is 1. The van der Waals surface area contributed by atoms with Crippen LogP contribution in [0.1, 0.15) is 29.0 Å². The Morgan fingerprint density at radius 3 is 2.17 bits per heavy atom. The average molecular weight is 475 g/mol. The largest absolute Gasteiger partial charge is 0.496 e. The number of rotatable bonds is 8. The van der Waals surface area contributed by atoms with Crippen molar-refractivity contribution in [3.63, 3.8) is 0 Å². The molecular weight excluding hydrogens is 448 g/mol. The van der Waals surface area contributed by atoms with Crippen LogP contribution in [0.15, 0.2) is 66.7 Å². The van der Waals surface area contributed by atoms with Gasteiger partial charge in [0.25, 0.3) is 0 Å². The Balaban J connectivity index is 1.42.